The van der Waals surface area contributed by atoms with Gasteiger partial charge in [-0.25, -0.2) is 4.98 Å². The van der Waals surface area contributed by atoms with E-state index in [1.54, 1.807) is 6.20 Å². The summed E-state index contributed by atoms with van der Waals surface area (Å²) in [5.74, 6) is 1.58. The summed E-state index contributed by atoms with van der Waals surface area (Å²) in [5.41, 5.74) is 1.08. The first-order valence-electron chi connectivity index (χ1n) is 5.29. The molecule has 0 unspecified atom stereocenters. The van der Waals surface area contributed by atoms with Crippen molar-refractivity contribution >= 4 is 17.4 Å². The molecule has 0 aliphatic carbocycles. The Bertz CT molecular complexity index is 485. The molecule has 1 N–H and O–H groups in total. The second-order valence-electron chi connectivity index (χ2n) is 3.54. The number of hydrogen-bond donors (Lipinski definition) is 1. The number of benzene rings is 1. The van der Waals surface area contributed by atoms with Crippen molar-refractivity contribution in [3.05, 3.63) is 53.2 Å². The average molecular weight is 249 g/mol. The molecule has 3 nitrogen and oxygen atoms in total. The van der Waals surface area contributed by atoms with Crippen molar-refractivity contribution in [3.63, 3.8) is 0 Å². The Morgan fingerprint density at radius 1 is 1.24 bits per heavy atom. The summed E-state index contributed by atoms with van der Waals surface area (Å²) in [6, 6.07) is 11.3. The van der Waals surface area contributed by atoms with E-state index in [0.717, 1.165) is 22.2 Å². The Balaban J connectivity index is 1.99. The number of nitrogens with zero attached hydrogens (tertiary/aromatic N) is 1. The third kappa shape index (κ3) is 3.36. The van der Waals surface area contributed by atoms with Crippen molar-refractivity contribution in [1.82, 2.24) is 4.98 Å². The van der Waals surface area contributed by atoms with Crippen LogP contribution in [-0.2, 0) is 6.61 Å². The molecule has 1 aromatic carbocycles. The van der Waals surface area contributed by atoms with E-state index < -0.39 is 0 Å². The summed E-state index contributed by atoms with van der Waals surface area (Å²) >= 11 is 5.81. The van der Waals surface area contributed by atoms with Gasteiger partial charge in [0.25, 0.3) is 0 Å². The van der Waals surface area contributed by atoms with Gasteiger partial charge in [-0.1, -0.05) is 23.7 Å². The van der Waals surface area contributed by atoms with Crippen molar-refractivity contribution in [3.8, 4) is 5.75 Å². The van der Waals surface area contributed by atoms with Gasteiger partial charge < -0.3 is 10.1 Å². The van der Waals surface area contributed by atoms with Crippen molar-refractivity contribution in [2.24, 2.45) is 0 Å². The second-order valence-corrected chi connectivity index (χ2v) is 3.98. The van der Waals surface area contributed by atoms with Crippen LogP contribution in [0.2, 0.25) is 5.02 Å². The van der Waals surface area contributed by atoms with Crippen LogP contribution in [-0.4, -0.2) is 12.0 Å². The number of aromatic nitrogens is 1. The average Bonchev–Trinajstić information content (AvgIpc) is 2.38. The largest absolute Gasteiger partial charge is 0.489 e. The van der Waals surface area contributed by atoms with E-state index >= 15 is 0 Å². The van der Waals surface area contributed by atoms with E-state index in [2.05, 4.69) is 10.3 Å². The Morgan fingerprint density at radius 3 is 2.71 bits per heavy atom. The molecule has 0 aliphatic rings. The minimum atomic E-state index is 0.518. The zero-order valence-corrected chi connectivity index (χ0v) is 10.2. The van der Waals surface area contributed by atoms with E-state index in [1.807, 2.05) is 43.4 Å². The van der Waals surface area contributed by atoms with Crippen LogP contribution >= 0.6 is 11.6 Å². The maximum atomic E-state index is 5.81. The van der Waals surface area contributed by atoms with Crippen molar-refractivity contribution in [2.75, 3.05) is 12.4 Å². The number of pyridine rings is 1. The van der Waals surface area contributed by atoms with Gasteiger partial charge in [-0.2, -0.15) is 0 Å². The van der Waals surface area contributed by atoms with Gasteiger partial charge in [-0.3, -0.25) is 0 Å². The summed E-state index contributed by atoms with van der Waals surface area (Å²) in [6.45, 7) is 0.518. The number of nitrogens with one attached hydrogen (secondary N) is 1. The molecule has 0 bridgehead atoms. The van der Waals surface area contributed by atoms with Gasteiger partial charge in [-0.15, -0.1) is 0 Å². The normalized spacial score (nSPS) is 10.0. The molecule has 2 rings (SSSR count). The highest BCUT2D eigenvalue weighted by Crippen LogP contribution is 2.16. The fraction of sp³-hybridized carbons (Fsp3) is 0.154. The monoisotopic (exact) mass is 248 g/mol. The lowest BCUT2D eigenvalue weighted by atomic mass is 10.2. The molecule has 17 heavy (non-hydrogen) atoms. The van der Waals surface area contributed by atoms with Crippen LogP contribution in [0.3, 0.4) is 0 Å². The predicted octanol–water partition coefficient (Wildman–Crippen LogP) is 3.36. The summed E-state index contributed by atoms with van der Waals surface area (Å²) < 4.78 is 5.65. The van der Waals surface area contributed by atoms with E-state index in [9.17, 15) is 0 Å². The number of halogens is 1. The molecule has 1 heterocycles. The van der Waals surface area contributed by atoms with Crippen LogP contribution in [0.15, 0.2) is 42.6 Å². The van der Waals surface area contributed by atoms with Crippen LogP contribution in [0.5, 0.6) is 5.75 Å². The van der Waals surface area contributed by atoms with Gasteiger partial charge >= 0.3 is 0 Å². The van der Waals surface area contributed by atoms with E-state index in [4.69, 9.17) is 16.3 Å². The molecule has 0 saturated carbocycles. The lowest BCUT2D eigenvalue weighted by Gasteiger charge is -2.07. The highest BCUT2D eigenvalue weighted by molar-refractivity contribution is 6.30. The molecule has 0 fully saturated rings. The molecule has 4 heteroatoms. The van der Waals surface area contributed by atoms with Gasteiger partial charge in [0.2, 0.25) is 0 Å². The molecule has 0 spiro atoms. The van der Waals surface area contributed by atoms with E-state index in [0.29, 0.717) is 6.61 Å². The quantitative estimate of drug-likeness (QED) is 0.901. The topological polar surface area (TPSA) is 34.1 Å². The van der Waals surface area contributed by atoms with E-state index in [-0.39, 0.29) is 0 Å². The summed E-state index contributed by atoms with van der Waals surface area (Å²) in [5, 5.41) is 3.70. The van der Waals surface area contributed by atoms with Gasteiger partial charge in [0.1, 0.15) is 18.2 Å². The Labute approximate surface area is 105 Å². The van der Waals surface area contributed by atoms with Crippen molar-refractivity contribution in [1.29, 1.82) is 0 Å². The van der Waals surface area contributed by atoms with Crippen LogP contribution in [0.25, 0.3) is 0 Å². The molecule has 0 atom stereocenters. The third-order valence-corrected chi connectivity index (χ3v) is 2.56. The Morgan fingerprint density at radius 2 is 2.00 bits per heavy atom. The van der Waals surface area contributed by atoms with Crippen molar-refractivity contribution in [2.45, 2.75) is 6.61 Å². The highest BCUT2D eigenvalue weighted by atomic mass is 35.5. The Hall–Kier alpha value is -1.74. The smallest absolute Gasteiger partial charge is 0.129 e. The van der Waals surface area contributed by atoms with Crippen LogP contribution in [0, 0.1) is 0 Å². The van der Waals surface area contributed by atoms with Gasteiger partial charge in [0.15, 0.2) is 0 Å². The predicted molar refractivity (Wildman–Crippen MR) is 69.6 cm³/mol. The number of anilines is 1. The number of rotatable bonds is 4. The zero-order chi connectivity index (χ0) is 12.1. The Kier molecular flexibility index (Phi) is 3.83. The first-order valence-corrected chi connectivity index (χ1v) is 5.67. The minimum absolute atomic E-state index is 0.518. The van der Waals surface area contributed by atoms with Crippen LogP contribution in [0.1, 0.15) is 5.56 Å². The number of hydrogen-bond acceptors (Lipinski definition) is 3. The van der Waals surface area contributed by atoms with Crippen LogP contribution in [0.4, 0.5) is 5.82 Å². The summed E-state index contributed by atoms with van der Waals surface area (Å²) in [4.78, 5) is 4.12. The maximum absolute atomic E-state index is 5.81. The maximum Gasteiger partial charge on any atom is 0.129 e. The second kappa shape index (κ2) is 5.55. The highest BCUT2D eigenvalue weighted by Gasteiger charge is 1.98. The standard InChI is InChI=1S/C13H13ClN2O/c1-15-13-8-12(6-7-16-13)17-9-10-2-4-11(14)5-3-10/h2-8H,9H2,1H3,(H,15,16). The van der Waals surface area contributed by atoms with Gasteiger partial charge in [0.05, 0.1) is 0 Å². The lowest BCUT2D eigenvalue weighted by Crippen LogP contribution is -1.97. The third-order valence-electron chi connectivity index (χ3n) is 2.31. The first-order chi connectivity index (χ1) is 8.28. The molecular formula is C13H13ClN2O. The molecular weight excluding hydrogens is 236 g/mol. The lowest BCUT2D eigenvalue weighted by molar-refractivity contribution is 0.306. The first kappa shape index (κ1) is 11.7. The molecule has 1 aromatic heterocycles. The van der Waals surface area contributed by atoms with Gasteiger partial charge in [-0.05, 0) is 23.8 Å². The summed E-state index contributed by atoms with van der Waals surface area (Å²) in [7, 11) is 1.82. The summed E-state index contributed by atoms with van der Waals surface area (Å²) in [6.07, 6.45) is 1.71. The SMILES string of the molecule is CNc1cc(OCc2ccc(Cl)cc2)ccn1. The van der Waals surface area contributed by atoms with Crippen LogP contribution < -0.4 is 10.1 Å². The number of ether oxygens (including phenoxy) is 1. The molecule has 2 aromatic rings. The van der Waals surface area contributed by atoms with E-state index in [1.165, 1.54) is 0 Å². The molecule has 88 valence electrons. The van der Waals surface area contributed by atoms with Crippen molar-refractivity contribution < 1.29 is 4.74 Å². The minimum Gasteiger partial charge on any atom is -0.489 e. The fourth-order valence-corrected chi connectivity index (χ4v) is 1.51. The molecule has 0 saturated heterocycles. The molecule has 0 amide bonds. The fourth-order valence-electron chi connectivity index (χ4n) is 1.38. The molecule has 0 radical (unpaired) electrons. The molecule has 0 aliphatic heterocycles. The van der Waals surface area contributed by atoms with Gasteiger partial charge in [0, 0.05) is 24.3 Å². The zero-order valence-electron chi connectivity index (χ0n) is 9.48.